The van der Waals surface area contributed by atoms with Crippen molar-refractivity contribution < 1.29 is 18.3 Å². The molecule has 0 aliphatic carbocycles. The number of halogens is 2. The number of nitrogens with zero attached hydrogens (tertiary/aromatic N) is 1. The molecular weight excluding hydrogens is 440 g/mol. The molecule has 3 nitrogen and oxygen atoms in total. The Bertz CT molecular complexity index is 1220. The van der Waals surface area contributed by atoms with Gasteiger partial charge in [0.15, 0.2) is 0 Å². The lowest BCUT2D eigenvalue weighted by Crippen LogP contribution is -2.32. The molecule has 0 radical (unpaired) electrons. The van der Waals surface area contributed by atoms with Crippen molar-refractivity contribution in [3.63, 3.8) is 0 Å². The standard InChI is InChI=1S/C27H23F2NO2S/c1-32-23-12-8-19(9-13-23)15-27(31)30(18-21-10-11-22(28)16-25(21)29)17-20-5-2-3-6-24(20)26-7-4-14-33-26/h2-14,16H,15,17-18H2,1H3. The van der Waals surface area contributed by atoms with Crippen LogP contribution in [-0.4, -0.2) is 17.9 Å². The molecule has 0 N–H and O–H groups in total. The Balaban J connectivity index is 1.63. The van der Waals surface area contributed by atoms with E-state index in [1.165, 1.54) is 12.1 Å². The van der Waals surface area contributed by atoms with Crippen molar-refractivity contribution >= 4 is 17.2 Å². The van der Waals surface area contributed by atoms with E-state index in [9.17, 15) is 13.6 Å². The molecule has 1 amide bonds. The van der Waals surface area contributed by atoms with Crippen LogP contribution in [0.1, 0.15) is 16.7 Å². The number of ether oxygens (including phenoxy) is 1. The lowest BCUT2D eigenvalue weighted by atomic mass is 10.0. The minimum Gasteiger partial charge on any atom is -0.497 e. The number of hydrogen-bond donors (Lipinski definition) is 0. The predicted octanol–water partition coefficient (Wildman–Crippen LogP) is 6.47. The van der Waals surface area contributed by atoms with Crippen molar-refractivity contribution in [2.75, 3.05) is 7.11 Å². The minimum atomic E-state index is -0.663. The summed E-state index contributed by atoms with van der Waals surface area (Å²) >= 11 is 1.62. The molecule has 6 heteroatoms. The Morgan fingerprint density at radius 1 is 0.909 bits per heavy atom. The fourth-order valence-electron chi connectivity index (χ4n) is 3.65. The Morgan fingerprint density at radius 3 is 2.36 bits per heavy atom. The van der Waals surface area contributed by atoms with Gasteiger partial charge >= 0.3 is 0 Å². The van der Waals surface area contributed by atoms with Crippen LogP contribution in [0.3, 0.4) is 0 Å². The first-order valence-corrected chi connectivity index (χ1v) is 11.4. The second kappa shape index (κ2) is 10.4. The van der Waals surface area contributed by atoms with E-state index in [0.29, 0.717) is 12.3 Å². The van der Waals surface area contributed by atoms with Gasteiger partial charge in [0.05, 0.1) is 13.5 Å². The van der Waals surface area contributed by atoms with Crippen molar-refractivity contribution in [1.29, 1.82) is 0 Å². The Kier molecular flexibility index (Phi) is 7.15. The summed E-state index contributed by atoms with van der Waals surface area (Å²) in [5, 5.41) is 2.01. The molecule has 0 fully saturated rings. The smallest absolute Gasteiger partial charge is 0.227 e. The monoisotopic (exact) mass is 463 g/mol. The first-order chi connectivity index (χ1) is 16.0. The minimum absolute atomic E-state index is 0.0415. The fraction of sp³-hybridized carbons (Fsp3) is 0.148. The van der Waals surface area contributed by atoms with Gasteiger partial charge in [0.1, 0.15) is 17.4 Å². The summed E-state index contributed by atoms with van der Waals surface area (Å²) in [5.74, 6) is -0.745. The third-order valence-electron chi connectivity index (χ3n) is 5.41. The number of carbonyl (C=O) groups excluding carboxylic acids is 1. The number of benzene rings is 3. The number of carbonyl (C=O) groups is 1. The zero-order valence-corrected chi connectivity index (χ0v) is 18.9. The average molecular weight is 464 g/mol. The van der Waals surface area contributed by atoms with Gasteiger partial charge < -0.3 is 9.64 Å². The number of amides is 1. The zero-order chi connectivity index (χ0) is 23.2. The molecule has 0 aliphatic rings. The first-order valence-electron chi connectivity index (χ1n) is 10.5. The Hall–Kier alpha value is -3.51. The quantitative estimate of drug-likeness (QED) is 0.300. The van der Waals surface area contributed by atoms with Gasteiger partial charge in [-0.3, -0.25) is 4.79 Å². The van der Waals surface area contributed by atoms with E-state index >= 15 is 0 Å². The lowest BCUT2D eigenvalue weighted by molar-refractivity contribution is -0.131. The molecule has 168 valence electrons. The van der Waals surface area contributed by atoms with Crippen LogP contribution in [0.4, 0.5) is 8.78 Å². The van der Waals surface area contributed by atoms with E-state index in [1.807, 2.05) is 53.9 Å². The van der Waals surface area contributed by atoms with Crippen LogP contribution in [0.2, 0.25) is 0 Å². The van der Waals surface area contributed by atoms with Gasteiger partial charge in [0.2, 0.25) is 5.91 Å². The molecule has 0 bridgehead atoms. The van der Waals surface area contributed by atoms with Crippen LogP contribution < -0.4 is 4.74 Å². The molecule has 0 saturated carbocycles. The van der Waals surface area contributed by atoms with Crippen molar-refractivity contribution in [2.45, 2.75) is 19.5 Å². The third-order valence-corrected chi connectivity index (χ3v) is 6.31. The van der Waals surface area contributed by atoms with Crippen LogP contribution in [0.5, 0.6) is 5.75 Å². The average Bonchev–Trinajstić information content (AvgIpc) is 3.36. The maximum atomic E-state index is 14.4. The van der Waals surface area contributed by atoms with Gasteiger partial charge in [-0.25, -0.2) is 8.78 Å². The summed E-state index contributed by atoms with van der Waals surface area (Å²) in [6.07, 6.45) is 0.161. The van der Waals surface area contributed by atoms with Gasteiger partial charge in [-0.15, -0.1) is 11.3 Å². The number of thiophene rings is 1. The van der Waals surface area contributed by atoms with Gasteiger partial charge in [-0.2, -0.15) is 0 Å². The highest BCUT2D eigenvalue weighted by Gasteiger charge is 2.19. The van der Waals surface area contributed by atoms with E-state index in [1.54, 1.807) is 35.5 Å². The van der Waals surface area contributed by atoms with Crippen LogP contribution in [0, 0.1) is 11.6 Å². The summed E-state index contributed by atoms with van der Waals surface area (Å²) in [4.78, 5) is 16.1. The molecule has 0 aliphatic heterocycles. The van der Waals surface area contributed by atoms with Gasteiger partial charge in [0.25, 0.3) is 0 Å². The SMILES string of the molecule is COc1ccc(CC(=O)N(Cc2ccc(F)cc2F)Cc2ccccc2-c2cccs2)cc1. The summed E-state index contributed by atoms with van der Waals surface area (Å²) in [6.45, 7) is 0.347. The maximum absolute atomic E-state index is 14.4. The number of methoxy groups -OCH3 is 1. The molecule has 33 heavy (non-hydrogen) atoms. The van der Waals surface area contributed by atoms with Gasteiger partial charge in [-0.1, -0.05) is 48.5 Å². The van der Waals surface area contributed by atoms with Gasteiger partial charge in [-0.05, 0) is 46.3 Å². The molecule has 1 aromatic heterocycles. The highest BCUT2D eigenvalue weighted by Crippen LogP contribution is 2.29. The number of rotatable bonds is 8. The highest BCUT2D eigenvalue weighted by atomic mass is 32.1. The van der Waals surface area contributed by atoms with E-state index < -0.39 is 11.6 Å². The normalized spacial score (nSPS) is 10.8. The molecule has 3 aromatic carbocycles. The van der Waals surface area contributed by atoms with Crippen molar-refractivity contribution in [3.05, 3.63) is 113 Å². The first kappa shape index (κ1) is 22.7. The molecule has 1 heterocycles. The third kappa shape index (κ3) is 5.65. The number of hydrogen-bond acceptors (Lipinski definition) is 3. The Labute approximate surface area is 195 Å². The van der Waals surface area contributed by atoms with E-state index in [2.05, 4.69) is 0 Å². The van der Waals surface area contributed by atoms with Crippen molar-refractivity contribution in [2.24, 2.45) is 0 Å². The van der Waals surface area contributed by atoms with Crippen molar-refractivity contribution in [1.82, 2.24) is 4.90 Å². The zero-order valence-electron chi connectivity index (χ0n) is 18.1. The molecule has 0 unspecified atom stereocenters. The predicted molar refractivity (Wildman–Crippen MR) is 127 cm³/mol. The maximum Gasteiger partial charge on any atom is 0.227 e. The van der Waals surface area contributed by atoms with E-state index in [-0.39, 0.29) is 24.4 Å². The van der Waals surface area contributed by atoms with E-state index in [4.69, 9.17) is 4.74 Å². The largest absolute Gasteiger partial charge is 0.497 e. The lowest BCUT2D eigenvalue weighted by Gasteiger charge is -2.25. The molecular formula is C27H23F2NO2S. The topological polar surface area (TPSA) is 29.5 Å². The van der Waals surface area contributed by atoms with Crippen LogP contribution in [-0.2, 0) is 24.3 Å². The summed E-state index contributed by atoms with van der Waals surface area (Å²) in [7, 11) is 1.59. The van der Waals surface area contributed by atoms with Crippen LogP contribution in [0.25, 0.3) is 10.4 Å². The van der Waals surface area contributed by atoms with Crippen molar-refractivity contribution in [3.8, 4) is 16.2 Å². The molecule has 4 rings (SSSR count). The van der Waals surface area contributed by atoms with Crippen LogP contribution >= 0.6 is 11.3 Å². The second-order valence-corrected chi connectivity index (χ2v) is 8.59. The second-order valence-electron chi connectivity index (χ2n) is 7.64. The van der Waals surface area contributed by atoms with Crippen LogP contribution in [0.15, 0.2) is 84.2 Å². The van der Waals surface area contributed by atoms with Gasteiger partial charge in [0, 0.05) is 29.6 Å². The van der Waals surface area contributed by atoms with E-state index in [0.717, 1.165) is 27.6 Å². The molecule has 0 saturated heterocycles. The molecule has 0 spiro atoms. The summed E-state index contributed by atoms with van der Waals surface area (Å²) in [5.41, 5.74) is 3.10. The fourth-order valence-corrected chi connectivity index (χ4v) is 4.44. The molecule has 0 atom stereocenters. The summed E-state index contributed by atoms with van der Waals surface area (Å²) < 4.78 is 33.0. The Morgan fingerprint density at radius 2 is 1.67 bits per heavy atom. The highest BCUT2D eigenvalue weighted by molar-refractivity contribution is 7.13. The summed E-state index contributed by atoms with van der Waals surface area (Å²) in [6, 6.07) is 22.6. The molecule has 4 aromatic rings.